The highest BCUT2D eigenvalue weighted by Crippen LogP contribution is 2.13. The lowest BCUT2D eigenvalue weighted by molar-refractivity contribution is -0.131. The van der Waals surface area contributed by atoms with Gasteiger partial charge in [0.25, 0.3) is 0 Å². The van der Waals surface area contributed by atoms with Gasteiger partial charge in [-0.15, -0.1) is 0 Å². The quantitative estimate of drug-likeness (QED) is 0.875. The number of hydrogen-bond acceptors (Lipinski definition) is 4. The summed E-state index contributed by atoms with van der Waals surface area (Å²) in [5.74, 6) is 0.131. The molecule has 0 spiro atoms. The predicted octanol–water partition coefficient (Wildman–Crippen LogP) is 0.811. The van der Waals surface area contributed by atoms with Gasteiger partial charge in [-0.3, -0.25) is 4.79 Å². The van der Waals surface area contributed by atoms with Gasteiger partial charge < -0.3 is 19.9 Å². The molecule has 116 valence electrons. The Balaban J connectivity index is 1.60. The highest BCUT2D eigenvalue weighted by molar-refractivity contribution is 5.87. The van der Waals surface area contributed by atoms with Crippen molar-refractivity contribution in [2.24, 2.45) is 0 Å². The van der Waals surface area contributed by atoms with Crippen LogP contribution < -0.4 is 5.32 Å². The Kier molecular flexibility index (Phi) is 3.66. The Morgan fingerprint density at radius 3 is 3.09 bits per heavy atom. The highest BCUT2D eigenvalue weighted by atomic mass is 19.1. The molecule has 1 saturated heterocycles. The minimum absolute atomic E-state index is 0.0475. The molecule has 8 heteroatoms. The van der Waals surface area contributed by atoms with Crippen LogP contribution in [0.2, 0.25) is 0 Å². The van der Waals surface area contributed by atoms with Gasteiger partial charge in [-0.2, -0.15) is 0 Å². The number of rotatable bonds is 4. The fraction of sp³-hybridized carbons (Fsp3) is 0.357. The SMILES string of the molecule is CN(CCc1nc2ccc(F)cc2[nH]1)C(=O)[C@@H]1COC(=O)N1. The van der Waals surface area contributed by atoms with E-state index in [1.165, 1.54) is 17.0 Å². The van der Waals surface area contributed by atoms with Crippen LogP contribution in [0, 0.1) is 5.82 Å². The molecule has 0 aliphatic carbocycles. The predicted molar refractivity (Wildman–Crippen MR) is 75.7 cm³/mol. The summed E-state index contributed by atoms with van der Waals surface area (Å²) in [4.78, 5) is 31.9. The van der Waals surface area contributed by atoms with Crippen LogP contribution in [-0.4, -0.2) is 53.1 Å². The molecule has 1 fully saturated rings. The number of carbonyl (C=O) groups is 2. The third-order valence-corrected chi connectivity index (χ3v) is 3.52. The van der Waals surface area contributed by atoms with Crippen molar-refractivity contribution >= 4 is 23.0 Å². The topological polar surface area (TPSA) is 87.3 Å². The van der Waals surface area contributed by atoms with Crippen LogP contribution in [0.1, 0.15) is 5.82 Å². The molecule has 2 amide bonds. The van der Waals surface area contributed by atoms with E-state index in [9.17, 15) is 14.0 Å². The zero-order chi connectivity index (χ0) is 15.7. The number of hydrogen-bond donors (Lipinski definition) is 2. The number of carbonyl (C=O) groups excluding carboxylic acids is 2. The smallest absolute Gasteiger partial charge is 0.407 e. The molecule has 0 saturated carbocycles. The van der Waals surface area contributed by atoms with E-state index in [1.54, 1.807) is 13.1 Å². The van der Waals surface area contributed by atoms with E-state index in [2.05, 4.69) is 15.3 Å². The third-order valence-electron chi connectivity index (χ3n) is 3.52. The largest absolute Gasteiger partial charge is 0.447 e. The fourth-order valence-corrected chi connectivity index (χ4v) is 2.32. The zero-order valence-electron chi connectivity index (χ0n) is 11.9. The van der Waals surface area contributed by atoms with Gasteiger partial charge in [-0.05, 0) is 18.2 Å². The van der Waals surface area contributed by atoms with Crippen molar-refractivity contribution in [2.45, 2.75) is 12.5 Å². The summed E-state index contributed by atoms with van der Waals surface area (Å²) in [6.45, 7) is 0.472. The number of fused-ring (bicyclic) bond motifs is 1. The molecular weight excluding hydrogens is 291 g/mol. The van der Waals surface area contributed by atoms with Crippen molar-refractivity contribution in [3.63, 3.8) is 0 Å². The number of benzene rings is 1. The van der Waals surface area contributed by atoms with Crippen molar-refractivity contribution < 1.29 is 18.7 Å². The lowest BCUT2D eigenvalue weighted by Crippen LogP contribution is -2.44. The molecule has 0 radical (unpaired) electrons. The summed E-state index contributed by atoms with van der Waals surface area (Å²) < 4.78 is 17.8. The van der Waals surface area contributed by atoms with Gasteiger partial charge in [-0.1, -0.05) is 0 Å². The van der Waals surface area contributed by atoms with E-state index in [4.69, 9.17) is 4.74 Å². The summed E-state index contributed by atoms with van der Waals surface area (Å²) in [5, 5.41) is 2.44. The number of cyclic esters (lactones) is 1. The number of imidazole rings is 1. The van der Waals surface area contributed by atoms with E-state index < -0.39 is 12.1 Å². The average Bonchev–Trinajstić information content (AvgIpc) is 3.09. The van der Waals surface area contributed by atoms with E-state index in [1.807, 2.05) is 0 Å². The minimum Gasteiger partial charge on any atom is -0.447 e. The van der Waals surface area contributed by atoms with Crippen LogP contribution in [0.15, 0.2) is 18.2 Å². The number of ether oxygens (including phenoxy) is 1. The zero-order valence-corrected chi connectivity index (χ0v) is 11.9. The van der Waals surface area contributed by atoms with Crippen molar-refractivity contribution in [1.82, 2.24) is 20.2 Å². The van der Waals surface area contributed by atoms with Gasteiger partial charge in [0.15, 0.2) is 0 Å². The van der Waals surface area contributed by atoms with Crippen LogP contribution in [-0.2, 0) is 16.0 Å². The monoisotopic (exact) mass is 306 g/mol. The molecule has 1 aromatic carbocycles. The summed E-state index contributed by atoms with van der Waals surface area (Å²) >= 11 is 0. The third kappa shape index (κ3) is 2.85. The number of aromatic nitrogens is 2. The molecule has 2 N–H and O–H groups in total. The molecule has 1 aliphatic rings. The van der Waals surface area contributed by atoms with Crippen LogP contribution >= 0.6 is 0 Å². The molecule has 0 unspecified atom stereocenters. The number of H-pyrrole nitrogens is 1. The number of nitrogens with one attached hydrogen (secondary N) is 2. The second-order valence-electron chi connectivity index (χ2n) is 5.15. The summed E-state index contributed by atoms with van der Waals surface area (Å²) in [7, 11) is 1.65. The Hall–Kier alpha value is -2.64. The molecule has 22 heavy (non-hydrogen) atoms. The normalized spacial score (nSPS) is 17.4. The van der Waals surface area contributed by atoms with Crippen molar-refractivity contribution in [3.8, 4) is 0 Å². The van der Waals surface area contributed by atoms with Gasteiger partial charge in [-0.25, -0.2) is 14.2 Å². The summed E-state index contributed by atoms with van der Waals surface area (Å²) in [6, 6.07) is 3.70. The number of likely N-dealkylation sites (N-methyl/N-ethyl adjacent to an activating group) is 1. The molecule has 3 rings (SSSR count). The number of amides is 2. The Labute approximate surface area is 125 Å². The van der Waals surface area contributed by atoms with Crippen LogP contribution in [0.3, 0.4) is 0 Å². The Morgan fingerprint density at radius 2 is 2.36 bits per heavy atom. The van der Waals surface area contributed by atoms with Crippen LogP contribution in [0.5, 0.6) is 0 Å². The second kappa shape index (κ2) is 5.63. The summed E-state index contributed by atoms with van der Waals surface area (Å²) in [5.41, 5.74) is 1.31. The first-order valence-corrected chi connectivity index (χ1v) is 6.85. The first-order valence-electron chi connectivity index (χ1n) is 6.85. The van der Waals surface area contributed by atoms with E-state index in [-0.39, 0.29) is 18.3 Å². The molecule has 1 atom stereocenters. The molecule has 1 aromatic heterocycles. The number of nitrogens with zero attached hydrogens (tertiary/aromatic N) is 2. The maximum absolute atomic E-state index is 13.1. The average molecular weight is 306 g/mol. The first kappa shape index (κ1) is 14.3. The van der Waals surface area contributed by atoms with E-state index >= 15 is 0 Å². The highest BCUT2D eigenvalue weighted by Gasteiger charge is 2.30. The lowest BCUT2D eigenvalue weighted by atomic mass is 10.2. The number of alkyl carbamates (subject to hydrolysis) is 1. The minimum atomic E-state index is -0.637. The standard InChI is InChI=1S/C14H15FN4O3/c1-19(13(20)11-7-22-14(21)18-11)5-4-12-16-9-3-2-8(15)6-10(9)17-12/h2-3,6,11H,4-5,7H2,1H3,(H,16,17)(H,18,21)/t11-/m0/s1. The molecule has 2 aromatic rings. The van der Waals surface area contributed by atoms with Crippen molar-refractivity contribution in [1.29, 1.82) is 0 Å². The van der Waals surface area contributed by atoms with Gasteiger partial charge >= 0.3 is 6.09 Å². The molecule has 2 heterocycles. The molecule has 1 aliphatic heterocycles. The molecule has 7 nitrogen and oxygen atoms in total. The van der Waals surface area contributed by atoms with Crippen LogP contribution in [0.25, 0.3) is 11.0 Å². The first-order chi connectivity index (χ1) is 10.5. The Morgan fingerprint density at radius 1 is 1.55 bits per heavy atom. The fourth-order valence-electron chi connectivity index (χ4n) is 2.32. The van der Waals surface area contributed by atoms with Gasteiger partial charge in [0.1, 0.15) is 24.3 Å². The van der Waals surface area contributed by atoms with Crippen LogP contribution in [0.4, 0.5) is 9.18 Å². The van der Waals surface area contributed by atoms with Gasteiger partial charge in [0.05, 0.1) is 11.0 Å². The van der Waals surface area contributed by atoms with Gasteiger partial charge in [0, 0.05) is 20.0 Å². The van der Waals surface area contributed by atoms with Crippen molar-refractivity contribution in [3.05, 3.63) is 29.8 Å². The Bertz CT molecular complexity index is 730. The van der Waals surface area contributed by atoms with E-state index in [0.29, 0.717) is 29.8 Å². The maximum atomic E-state index is 13.1. The van der Waals surface area contributed by atoms with Crippen molar-refractivity contribution in [2.75, 3.05) is 20.2 Å². The molecular formula is C14H15FN4O3. The molecule has 0 bridgehead atoms. The summed E-state index contributed by atoms with van der Waals surface area (Å²) in [6.07, 6.45) is -0.0777. The number of halogens is 1. The second-order valence-corrected chi connectivity index (χ2v) is 5.15. The lowest BCUT2D eigenvalue weighted by Gasteiger charge is -2.19. The number of aromatic amines is 1. The van der Waals surface area contributed by atoms with E-state index in [0.717, 1.165) is 0 Å². The van der Waals surface area contributed by atoms with Gasteiger partial charge in [0.2, 0.25) is 5.91 Å². The maximum Gasteiger partial charge on any atom is 0.407 e.